The van der Waals surface area contributed by atoms with Crippen LogP contribution in [0.5, 0.6) is 0 Å². The fourth-order valence-electron chi connectivity index (χ4n) is 1.66. The first-order valence-electron chi connectivity index (χ1n) is 5.81. The number of nitrogens with one attached hydrogen (secondary N) is 1. The molecular weight excluding hydrogens is 262 g/mol. The molecule has 1 atom stereocenters. The van der Waals surface area contributed by atoms with E-state index in [0.717, 1.165) is 11.1 Å². The number of rotatable bonds is 3. The summed E-state index contributed by atoms with van der Waals surface area (Å²) in [6, 6.07) is 10.2. The van der Waals surface area contributed by atoms with Gasteiger partial charge in [-0.05, 0) is 24.1 Å². The lowest BCUT2D eigenvalue weighted by molar-refractivity contribution is -0.117. The molecule has 19 heavy (non-hydrogen) atoms. The molecule has 1 amide bonds. The highest BCUT2D eigenvalue weighted by molar-refractivity contribution is 6.30. The first-order chi connectivity index (χ1) is 9.08. The smallest absolute Gasteiger partial charge is 0.245 e. The lowest BCUT2D eigenvalue weighted by Crippen LogP contribution is -2.27. The zero-order chi connectivity index (χ0) is 13.8. The summed E-state index contributed by atoms with van der Waals surface area (Å²) >= 11 is 5.83. The van der Waals surface area contributed by atoms with Gasteiger partial charge in [-0.3, -0.25) is 4.79 Å². The molecular formula is C14H14ClN3O. The molecule has 0 aliphatic heterocycles. The van der Waals surface area contributed by atoms with Crippen molar-refractivity contribution in [3.8, 4) is 0 Å². The van der Waals surface area contributed by atoms with Gasteiger partial charge in [-0.15, -0.1) is 0 Å². The lowest BCUT2D eigenvalue weighted by Gasteiger charge is -2.12. The predicted molar refractivity (Wildman–Crippen MR) is 76.0 cm³/mol. The van der Waals surface area contributed by atoms with Crippen LogP contribution in [0.25, 0.3) is 0 Å². The third-order valence-corrected chi connectivity index (χ3v) is 3.12. The third-order valence-electron chi connectivity index (χ3n) is 2.72. The van der Waals surface area contributed by atoms with Crippen molar-refractivity contribution in [2.24, 2.45) is 5.73 Å². The number of halogens is 1. The van der Waals surface area contributed by atoms with Crippen molar-refractivity contribution < 1.29 is 4.79 Å². The van der Waals surface area contributed by atoms with Gasteiger partial charge in [0.2, 0.25) is 5.91 Å². The van der Waals surface area contributed by atoms with Crippen LogP contribution in [0, 0.1) is 6.92 Å². The van der Waals surface area contributed by atoms with Crippen LogP contribution in [0.3, 0.4) is 0 Å². The molecule has 0 aliphatic carbocycles. The van der Waals surface area contributed by atoms with Crippen LogP contribution in [0.2, 0.25) is 5.15 Å². The molecule has 2 aromatic rings. The fourth-order valence-corrected chi connectivity index (χ4v) is 1.76. The first kappa shape index (κ1) is 13.5. The van der Waals surface area contributed by atoms with Gasteiger partial charge < -0.3 is 11.1 Å². The quantitative estimate of drug-likeness (QED) is 0.846. The Kier molecular flexibility index (Phi) is 4.14. The van der Waals surface area contributed by atoms with Crippen molar-refractivity contribution in [1.82, 2.24) is 4.98 Å². The van der Waals surface area contributed by atoms with Crippen molar-refractivity contribution in [1.29, 1.82) is 0 Å². The minimum atomic E-state index is -0.711. The van der Waals surface area contributed by atoms with Gasteiger partial charge in [0.1, 0.15) is 11.2 Å². The number of aromatic nitrogens is 1. The Labute approximate surface area is 116 Å². The fraction of sp³-hybridized carbons (Fsp3) is 0.143. The van der Waals surface area contributed by atoms with Gasteiger partial charge in [0.05, 0.1) is 11.9 Å². The van der Waals surface area contributed by atoms with Crippen molar-refractivity contribution in [3.05, 3.63) is 58.9 Å². The summed E-state index contributed by atoms with van der Waals surface area (Å²) in [7, 11) is 0. The van der Waals surface area contributed by atoms with E-state index >= 15 is 0 Å². The average Bonchev–Trinajstić information content (AvgIpc) is 2.43. The van der Waals surface area contributed by atoms with Crippen molar-refractivity contribution in [2.75, 3.05) is 5.32 Å². The standard InChI is InChI=1S/C14H14ClN3O/c1-9-7-11(8-17-13(9)15)18-14(19)12(16)10-5-3-2-4-6-10/h2-8,12H,16H2,1H3,(H,18,19)/t12-/m1/s1. The predicted octanol–water partition coefficient (Wildman–Crippen LogP) is 2.68. The topological polar surface area (TPSA) is 68.0 Å². The summed E-state index contributed by atoms with van der Waals surface area (Å²) in [4.78, 5) is 16.0. The second-order valence-corrected chi connectivity index (χ2v) is 4.57. The zero-order valence-electron chi connectivity index (χ0n) is 10.4. The van der Waals surface area contributed by atoms with E-state index in [9.17, 15) is 4.79 Å². The first-order valence-corrected chi connectivity index (χ1v) is 6.19. The number of pyridine rings is 1. The molecule has 0 radical (unpaired) electrons. The van der Waals surface area contributed by atoms with E-state index in [-0.39, 0.29) is 5.91 Å². The normalized spacial score (nSPS) is 11.9. The van der Waals surface area contributed by atoms with Gasteiger partial charge >= 0.3 is 0 Å². The van der Waals surface area contributed by atoms with Crippen LogP contribution < -0.4 is 11.1 Å². The van der Waals surface area contributed by atoms with Gasteiger partial charge in [0.25, 0.3) is 0 Å². The molecule has 0 fully saturated rings. The summed E-state index contributed by atoms with van der Waals surface area (Å²) in [6.07, 6.45) is 1.50. The van der Waals surface area contributed by atoms with Crippen molar-refractivity contribution in [3.63, 3.8) is 0 Å². The Morgan fingerprint density at radius 1 is 1.37 bits per heavy atom. The summed E-state index contributed by atoms with van der Waals surface area (Å²) in [5.41, 5.74) is 8.04. The average molecular weight is 276 g/mol. The number of carbonyl (C=O) groups is 1. The minimum absolute atomic E-state index is 0.283. The summed E-state index contributed by atoms with van der Waals surface area (Å²) in [5, 5.41) is 3.14. The van der Waals surface area contributed by atoms with E-state index in [1.165, 1.54) is 6.20 Å². The van der Waals surface area contributed by atoms with Crippen LogP contribution in [0.4, 0.5) is 5.69 Å². The lowest BCUT2D eigenvalue weighted by atomic mass is 10.1. The van der Waals surface area contributed by atoms with E-state index in [1.807, 2.05) is 37.3 Å². The number of hydrogen-bond acceptors (Lipinski definition) is 3. The molecule has 5 heteroatoms. The van der Waals surface area contributed by atoms with E-state index in [4.69, 9.17) is 17.3 Å². The Morgan fingerprint density at radius 2 is 2.05 bits per heavy atom. The van der Waals surface area contributed by atoms with Crippen LogP contribution in [0.1, 0.15) is 17.2 Å². The monoisotopic (exact) mass is 275 g/mol. The molecule has 0 aliphatic rings. The highest BCUT2D eigenvalue weighted by Gasteiger charge is 2.15. The SMILES string of the molecule is Cc1cc(NC(=O)[C@H](N)c2ccccc2)cnc1Cl. The second-order valence-electron chi connectivity index (χ2n) is 4.21. The van der Waals surface area contributed by atoms with Gasteiger partial charge in [0, 0.05) is 0 Å². The number of nitrogens with zero attached hydrogens (tertiary/aromatic N) is 1. The largest absolute Gasteiger partial charge is 0.323 e. The molecule has 0 spiro atoms. The molecule has 1 heterocycles. The minimum Gasteiger partial charge on any atom is -0.323 e. The highest BCUT2D eigenvalue weighted by atomic mass is 35.5. The zero-order valence-corrected chi connectivity index (χ0v) is 11.2. The molecule has 3 N–H and O–H groups in total. The van der Waals surface area contributed by atoms with Gasteiger partial charge in [-0.2, -0.15) is 0 Å². The van der Waals surface area contributed by atoms with Crippen molar-refractivity contribution in [2.45, 2.75) is 13.0 Å². The van der Waals surface area contributed by atoms with Crippen LogP contribution in [-0.2, 0) is 4.79 Å². The Bertz CT molecular complexity index is 586. The summed E-state index contributed by atoms with van der Waals surface area (Å²) in [6.45, 7) is 1.82. The molecule has 0 unspecified atom stereocenters. The molecule has 0 saturated carbocycles. The van der Waals surface area contributed by atoms with E-state index in [1.54, 1.807) is 6.07 Å². The molecule has 2 rings (SSSR count). The molecule has 98 valence electrons. The maximum Gasteiger partial charge on any atom is 0.245 e. The molecule has 0 saturated heterocycles. The van der Waals surface area contributed by atoms with Gasteiger partial charge in [-0.1, -0.05) is 41.9 Å². The summed E-state index contributed by atoms with van der Waals surface area (Å²) in [5.74, 6) is -0.283. The van der Waals surface area contributed by atoms with E-state index in [0.29, 0.717) is 10.8 Å². The maximum atomic E-state index is 12.0. The van der Waals surface area contributed by atoms with E-state index in [2.05, 4.69) is 10.3 Å². The number of amides is 1. The van der Waals surface area contributed by atoms with Gasteiger partial charge in [0.15, 0.2) is 0 Å². The Balaban J connectivity index is 2.10. The Morgan fingerprint density at radius 3 is 2.68 bits per heavy atom. The van der Waals surface area contributed by atoms with Crippen molar-refractivity contribution >= 4 is 23.2 Å². The number of nitrogens with two attached hydrogens (primary N) is 1. The molecule has 4 nitrogen and oxygen atoms in total. The van der Waals surface area contributed by atoms with E-state index < -0.39 is 6.04 Å². The number of anilines is 1. The second kappa shape index (κ2) is 5.82. The summed E-state index contributed by atoms with van der Waals surface area (Å²) < 4.78 is 0. The Hall–Kier alpha value is -1.91. The molecule has 1 aromatic heterocycles. The highest BCUT2D eigenvalue weighted by Crippen LogP contribution is 2.18. The van der Waals surface area contributed by atoms with Crippen LogP contribution in [0.15, 0.2) is 42.6 Å². The van der Waals surface area contributed by atoms with Gasteiger partial charge in [-0.25, -0.2) is 4.98 Å². The number of carbonyl (C=O) groups excluding carboxylic acids is 1. The maximum absolute atomic E-state index is 12.0. The van der Waals surface area contributed by atoms with Crippen LogP contribution in [-0.4, -0.2) is 10.9 Å². The number of hydrogen-bond donors (Lipinski definition) is 2. The third kappa shape index (κ3) is 3.30. The number of benzene rings is 1. The van der Waals surface area contributed by atoms with Crippen LogP contribution >= 0.6 is 11.6 Å². The molecule has 1 aromatic carbocycles. The number of aryl methyl sites for hydroxylation is 1. The molecule has 0 bridgehead atoms.